The van der Waals surface area contributed by atoms with Gasteiger partial charge >= 0.3 is 0 Å². The smallest absolute Gasteiger partial charge is 0.171 e. The molecule has 4 heteroatoms. The molecule has 0 aliphatic heterocycles. The number of ketones is 1. The number of carbonyl (C=O) groups is 1. The Morgan fingerprint density at radius 1 is 1.58 bits per heavy atom. The van der Waals surface area contributed by atoms with Crippen LogP contribution in [0.25, 0.3) is 10.2 Å². The van der Waals surface area contributed by atoms with Crippen molar-refractivity contribution in [2.45, 2.75) is 39.5 Å². The summed E-state index contributed by atoms with van der Waals surface area (Å²) in [4.78, 5) is 17.9. The largest absolute Gasteiger partial charge is 0.397 e. The van der Waals surface area contributed by atoms with E-state index in [-0.39, 0.29) is 5.78 Å². The number of carbonyl (C=O) groups excluding carboxylic acids is 1. The maximum Gasteiger partial charge on any atom is 0.171 e. The van der Waals surface area contributed by atoms with E-state index in [1.807, 2.05) is 0 Å². The third-order valence-electron chi connectivity index (χ3n) is 4.08. The number of hydrogen-bond acceptors (Lipinski definition) is 4. The first-order chi connectivity index (χ1) is 9.10. The molecule has 2 N–H and O–H groups in total. The Balaban J connectivity index is 2.14. The highest BCUT2D eigenvalue weighted by molar-refractivity contribution is 7.21. The molecule has 0 saturated heterocycles. The van der Waals surface area contributed by atoms with Crippen molar-refractivity contribution >= 4 is 33.0 Å². The summed E-state index contributed by atoms with van der Waals surface area (Å²) >= 11 is 1.43. The molecular formula is C15H18N2OS. The Morgan fingerprint density at radius 3 is 3.05 bits per heavy atom. The molecule has 3 rings (SSSR count). The van der Waals surface area contributed by atoms with E-state index in [9.17, 15) is 4.79 Å². The van der Waals surface area contributed by atoms with E-state index in [4.69, 9.17) is 10.7 Å². The maximum atomic E-state index is 11.6. The molecule has 2 aromatic heterocycles. The van der Waals surface area contributed by atoms with Crippen molar-refractivity contribution in [1.82, 2.24) is 4.98 Å². The van der Waals surface area contributed by atoms with Crippen LogP contribution in [0.15, 0.2) is 6.07 Å². The van der Waals surface area contributed by atoms with E-state index in [0.717, 1.165) is 29.0 Å². The second kappa shape index (κ2) is 4.60. The van der Waals surface area contributed by atoms with Crippen LogP contribution >= 0.6 is 11.3 Å². The number of fused-ring (bicyclic) bond motifs is 2. The number of aromatic nitrogens is 1. The zero-order chi connectivity index (χ0) is 13.6. The van der Waals surface area contributed by atoms with Crippen molar-refractivity contribution in [2.75, 3.05) is 5.73 Å². The third kappa shape index (κ3) is 2.04. The maximum absolute atomic E-state index is 11.6. The van der Waals surface area contributed by atoms with Gasteiger partial charge in [-0.2, -0.15) is 0 Å². The first-order valence-electron chi connectivity index (χ1n) is 6.81. The van der Waals surface area contributed by atoms with E-state index in [1.54, 1.807) is 6.92 Å². The van der Waals surface area contributed by atoms with Crippen molar-refractivity contribution in [3.8, 4) is 0 Å². The first-order valence-corrected chi connectivity index (χ1v) is 7.63. The Hall–Kier alpha value is -1.42. The standard InChI is InChI=1S/C15H18N2OS/c1-3-9-4-5-12-10(6-9)7-11-13(16)14(8(2)18)19-15(11)17-12/h7,9H,3-6,16H2,1-2H3. The number of nitrogens with zero attached hydrogens (tertiary/aromatic N) is 1. The quantitative estimate of drug-likeness (QED) is 0.851. The van der Waals surface area contributed by atoms with E-state index >= 15 is 0 Å². The molecule has 0 spiro atoms. The van der Waals surface area contributed by atoms with Crippen LogP contribution in [0.5, 0.6) is 0 Å². The predicted molar refractivity (Wildman–Crippen MR) is 79.8 cm³/mol. The summed E-state index contributed by atoms with van der Waals surface area (Å²) in [5, 5.41) is 0.964. The fourth-order valence-corrected chi connectivity index (χ4v) is 3.87. The lowest BCUT2D eigenvalue weighted by Gasteiger charge is -2.22. The predicted octanol–water partition coefficient (Wildman–Crippen LogP) is 3.60. The molecule has 19 heavy (non-hydrogen) atoms. The topological polar surface area (TPSA) is 56.0 Å². The van der Waals surface area contributed by atoms with Crippen LogP contribution in [0.2, 0.25) is 0 Å². The molecule has 0 amide bonds. The van der Waals surface area contributed by atoms with E-state index in [0.29, 0.717) is 10.6 Å². The number of nitrogens with two attached hydrogens (primary N) is 1. The summed E-state index contributed by atoms with van der Waals surface area (Å²) in [5.74, 6) is 0.795. The van der Waals surface area contributed by atoms with Crippen LogP contribution in [-0.4, -0.2) is 10.8 Å². The highest BCUT2D eigenvalue weighted by atomic mass is 32.1. The summed E-state index contributed by atoms with van der Waals surface area (Å²) in [6.07, 6.45) is 4.59. The molecule has 2 heterocycles. The number of aryl methyl sites for hydroxylation is 1. The number of pyridine rings is 1. The normalized spacial score (nSPS) is 18.5. The number of anilines is 1. The van der Waals surface area contributed by atoms with Crippen molar-refractivity contribution in [3.63, 3.8) is 0 Å². The number of hydrogen-bond donors (Lipinski definition) is 1. The van der Waals surface area contributed by atoms with Crippen molar-refractivity contribution in [3.05, 3.63) is 22.2 Å². The van der Waals surface area contributed by atoms with Gasteiger partial charge in [-0.05, 0) is 36.8 Å². The molecule has 0 saturated carbocycles. The van der Waals surface area contributed by atoms with Gasteiger partial charge in [0.2, 0.25) is 0 Å². The molecule has 2 aromatic rings. The summed E-state index contributed by atoms with van der Waals surface area (Å²) in [6.45, 7) is 3.81. The average molecular weight is 274 g/mol. The minimum Gasteiger partial charge on any atom is -0.397 e. The van der Waals surface area contributed by atoms with Gasteiger partial charge in [-0.15, -0.1) is 11.3 Å². The van der Waals surface area contributed by atoms with E-state index < -0.39 is 0 Å². The molecular weight excluding hydrogens is 256 g/mol. The molecule has 1 aliphatic rings. The Kier molecular flexibility index (Phi) is 3.05. The zero-order valence-electron chi connectivity index (χ0n) is 11.3. The van der Waals surface area contributed by atoms with Crippen LogP contribution < -0.4 is 5.73 Å². The van der Waals surface area contributed by atoms with Gasteiger partial charge in [-0.1, -0.05) is 13.3 Å². The first kappa shape index (κ1) is 12.6. The number of Topliss-reactive ketones (excluding diaryl/α,β-unsaturated/α-hetero) is 1. The average Bonchev–Trinajstić information content (AvgIpc) is 2.73. The van der Waals surface area contributed by atoms with Gasteiger partial charge in [0.05, 0.1) is 10.6 Å². The lowest BCUT2D eigenvalue weighted by atomic mass is 9.85. The van der Waals surface area contributed by atoms with Crippen LogP contribution in [0.4, 0.5) is 5.69 Å². The SMILES string of the molecule is CCC1CCc2nc3sc(C(C)=O)c(N)c3cc2C1. The molecule has 0 fully saturated rings. The fourth-order valence-electron chi connectivity index (χ4n) is 2.88. The molecule has 0 aromatic carbocycles. The van der Waals surface area contributed by atoms with Crippen LogP contribution in [0.1, 0.15) is 47.6 Å². The lowest BCUT2D eigenvalue weighted by Crippen LogP contribution is -2.14. The van der Waals surface area contributed by atoms with Gasteiger partial charge in [0.25, 0.3) is 0 Å². The monoisotopic (exact) mass is 274 g/mol. The van der Waals surface area contributed by atoms with E-state index in [1.165, 1.54) is 35.4 Å². The minimum atomic E-state index is 0.0323. The van der Waals surface area contributed by atoms with Crippen LogP contribution in [-0.2, 0) is 12.8 Å². The lowest BCUT2D eigenvalue weighted by molar-refractivity contribution is 0.102. The number of rotatable bonds is 2. The summed E-state index contributed by atoms with van der Waals surface area (Å²) in [7, 11) is 0. The minimum absolute atomic E-state index is 0.0323. The molecule has 1 aliphatic carbocycles. The van der Waals surface area contributed by atoms with Crippen molar-refractivity contribution in [1.29, 1.82) is 0 Å². The van der Waals surface area contributed by atoms with Crippen molar-refractivity contribution in [2.24, 2.45) is 5.92 Å². The molecule has 3 nitrogen and oxygen atoms in total. The van der Waals surface area contributed by atoms with Crippen molar-refractivity contribution < 1.29 is 4.79 Å². The van der Waals surface area contributed by atoms with Gasteiger partial charge < -0.3 is 5.73 Å². The van der Waals surface area contributed by atoms with Crippen LogP contribution in [0, 0.1) is 5.92 Å². The summed E-state index contributed by atoms with van der Waals surface area (Å²) in [5.41, 5.74) is 9.23. The Morgan fingerprint density at radius 2 is 2.37 bits per heavy atom. The van der Waals surface area contributed by atoms with Crippen LogP contribution in [0.3, 0.4) is 0 Å². The Bertz CT molecular complexity index is 660. The number of thiophene rings is 1. The van der Waals surface area contributed by atoms with Gasteiger partial charge in [-0.3, -0.25) is 4.79 Å². The second-order valence-electron chi connectivity index (χ2n) is 5.37. The molecule has 1 atom stereocenters. The number of nitrogen functional groups attached to an aromatic ring is 1. The highest BCUT2D eigenvalue weighted by Gasteiger charge is 2.21. The zero-order valence-corrected chi connectivity index (χ0v) is 12.1. The summed E-state index contributed by atoms with van der Waals surface area (Å²) in [6, 6.07) is 2.16. The highest BCUT2D eigenvalue weighted by Crippen LogP contribution is 2.36. The molecule has 0 radical (unpaired) electrons. The van der Waals surface area contributed by atoms with Gasteiger partial charge in [-0.25, -0.2) is 4.98 Å². The third-order valence-corrected chi connectivity index (χ3v) is 5.30. The second-order valence-corrected chi connectivity index (χ2v) is 6.36. The van der Waals surface area contributed by atoms with Gasteiger partial charge in [0.15, 0.2) is 5.78 Å². The van der Waals surface area contributed by atoms with Gasteiger partial charge in [0, 0.05) is 18.0 Å². The molecule has 0 bridgehead atoms. The molecule has 1 unspecified atom stereocenters. The summed E-state index contributed by atoms with van der Waals surface area (Å²) < 4.78 is 0. The Labute approximate surface area is 116 Å². The molecule has 100 valence electrons. The van der Waals surface area contributed by atoms with Gasteiger partial charge in [0.1, 0.15) is 4.83 Å². The van der Waals surface area contributed by atoms with E-state index in [2.05, 4.69) is 13.0 Å². The fraction of sp³-hybridized carbons (Fsp3) is 0.467.